The summed E-state index contributed by atoms with van der Waals surface area (Å²) in [6.45, 7) is -0.995. The minimum atomic E-state index is -2.27. The van der Waals surface area contributed by atoms with E-state index in [0.717, 1.165) is 34.0 Å². The topological polar surface area (TPSA) is 24.7 Å². The molecule has 0 aromatic heterocycles. The molecule has 10 rings (SSSR count). The first-order chi connectivity index (χ1) is 22.3. The molecule has 5 heteroatoms. The van der Waals surface area contributed by atoms with Crippen molar-refractivity contribution in [3.05, 3.63) is 161 Å². The number of nitrogens with zero attached hydrogens (tertiary/aromatic N) is 2. The molecule has 7 aromatic rings. The van der Waals surface area contributed by atoms with E-state index in [1.54, 1.807) is 0 Å². The van der Waals surface area contributed by atoms with Crippen molar-refractivity contribution in [2.45, 2.75) is 19.5 Å². The zero-order valence-corrected chi connectivity index (χ0v) is 24.7. The van der Waals surface area contributed by atoms with E-state index in [-0.39, 0.29) is 0 Å². The van der Waals surface area contributed by atoms with Gasteiger partial charge >= 0.3 is 6.82 Å². The number of anilines is 1. The van der Waals surface area contributed by atoms with E-state index in [1.807, 2.05) is 0 Å². The van der Waals surface area contributed by atoms with E-state index in [2.05, 4.69) is 149 Å². The fourth-order valence-electron chi connectivity index (χ4n) is 8.00. The van der Waals surface area contributed by atoms with Crippen molar-refractivity contribution in [3.8, 4) is 11.5 Å². The molecule has 0 amide bonds. The van der Waals surface area contributed by atoms with Crippen LogP contribution in [-0.4, -0.2) is 6.82 Å². The number of fused-ring (bicyclic) bond motifs is 8. The quantitative estimate of drug-likeness (QED) is 0.197. The van der Waals surface area contributed by atoms with Crippen molar-refractivity contribution >= 4 is 50.9 Å². The summed E-state index contributed by atoms with van der Waals surface area (Å²) in [4.78, 5) is 2.43. The van der Waals surface area contributed by atoms with Gasteiger partial charge in [-0.25, -0.2) is 0 Å². The predicted octanol–water partition coefficient (Wildman–Crippen LogP) is 8.05. The highest BCUT2D eigenvalue weighted by atomic mass is 16.6. The summed E-state index contributed by atoms with van der Waals surface area (Å²) in [6, 6.07) is 45.5. The lowest BCUT2D eigenvalue weighted by molar-refractivity contribution is 0.324. The molecule has 1 unspecified atom stereocenters. The van der Waals surface area contributed by atoms with Crippen LogP contribution in [0.5, 0.6) is 11.5 Å². The van der Waals surface area contributed by atoms with Gasteiger partial charge in [-0.2, -0.15) is 0 Å². The molecule has 4 nitrogen and oxygen atoms in total. The van der Waals surface area contributed by atoms with Crippen LogP contribution in [0.15, 0.2) is 133 Å². The maximum atomic E-state index is 7.43. The molecule has 1 atom stereocenters. The Morgan fingerprint density at radius 3 is 2.09 bits per heavy atom. The van der Waals surface area contributed by atoms with Crippen LogP contribution in [0.1, 0.15) is 22.3 Å². The second-order valence-corrected chi connectivity index (χ2v) is 12.4. The van der Waals surface area contributed by atoms with Crippen molar-refractivity contribution < 1.29 is 9.31 Å². The van der Waals surface area contributed by atoms with E-state index < -0.39 is 6.82 Å². The third-order valence-corrected chi connectivity index (χ3v) is 9.93. The second kappa shape index (κ2) is 9.23. The van der Waals surface area contributed by atoms with Gasteiger partial charge in [0, 0.05) is 45.4 Å². The van der Waals surface area contributed by atoms with Crippen LogP contribution in [0, 0.1) is 0 Å². The Hall–Kier alpha value is -5.55. The van der Waals surface area contributed by atoms with Gasteiger partial charge in [0.25, 0.3) is 0 Å². The molecule has 3 aliphatic rings. The predicted molar refractivity (Wildman–Crippen MR) is 184 cm³/mol. The van der Waals surface area contributed by atoms with Gasteiger partial charge < -0.3 is 18.6 Å². The van der Waals surface area contributed by atoms with Crippen LogP contribution >= 0.6 is 0 Å². The molecule has 0 N–H and O–H groups in total. The fraction of sp³-hybridized carbons (Fsp3) is 0.0750. The van der Waals surface area contributed by atoms with E-state index in [1.165, 1.54) is 49.5 Å². The standard InChI is InChI=1S/C40H29BN2O2/c1-3-11-27(12-4-1)25-42-35-23-37(33-21-9-17-29-15-7-19-31(35)39(29)33)44-41(42)43(26-28-13-5-2-6-14-28)36-24-38(45-41)34-22-10-18-30-16-8-20-32(36)40(30)34/h1-19,21-24H,20,25-26H2. The maximum Gasteiger partial charge on any atom is 0.771 e. The Labute approximate surface area is 261 Å². The summed E-state index contributed by atoms with van der Waals surface area (Å²) in [6.07, 6.45) is 5.39. The fourth-order valence-corrected chi connectivity index (χ4v) is 8.00. The van der Waals surface area contributed by atoms with Gasteiger partial charge in [-0.1, -0.05) is 121 Å². The van der Waals surface area contributed by atoms with Crippen molar-refractivity contribution in [2.75, 3.05) is 4.81 Å². The number of benzene rings is 7. The van der Waals surface area contributed by atoms with Gasteiger partial charge in [-0.15, -0.1) is 0 Å². The first kappa shape index (κ1) is 24.9. The smallest absolute Gasteiger partial charge is 0.601 e. The Balaban J connectivity index is 1.33. The molecule has 2 heterocycles. The van der Waals surface area contributed by atoms with E-state index in [4.69, 9.17) is 9.31 Å². The lowest BCUT2D eigenvalue weighted by Gasteiger charge is -2.51. The summed E-state index contributed by atoms with van der Waals surface area (Å²) in [7, 11) is 0. The molecule has 45 heavy (non-hydrogen) atoms. The molecular weight excluding hydrogens is 551 g/mol. The number of hydrogen-bond acceptors (Lipinski definition) is 3. The second-order valence-electron chi connectivity index (χ2n) is 12.4. The monoisotopic (exact) mass is 580 g/mol. The molecule has 4 bridgehead atoms. The molecule has 1 aliphatic carbocycles. The Morgan fingerprint density at radius 2 is 1.31 bits per heavy atom. The molecule has 214 valence electrons. The molecule has 7 aromatic carbocycles. The Bertz CT molecular complexity index is 2420. The molecule has 0 radical (unpaired) electrons. The van der Waals surface area contributed by atoms with E-state index in [9.17, 15) is 0 Å². The van der Waals surface area contributed by atoms with Crippen molar-refractivity contribution in [1.82, 2.24) is 4.49 Å². The Morgan fingerprint density at radius 1 is 0.644 bits per heavy atom. The van der Waals surface area contributed by atoms with Gasteiger partial charge in [0.05, 0.1) is 11.5 Å². The average molecular weight is 580 g/mol. The van der Waals surface area contributed by atoms with Crippen LogP contribution in [0.25, 0.3) is 38.4 Å². The van der Waals surface area contributed by atoms with Gasteiger partial charge in [-0.05, 0) is 46.0 Å². The summed E-state index contributed by atoms with van der Waals surface area (Å²) < 4.78 is 17.3. The maximum absolute atomic E-state index is 7.43. The highest BCUT2D eigenvalue weighted by Crippen LogP contribution is 2.48. The summed E-state index contributed by atoms with van der Waals surface area (Å²) in [5.41, 5.74) is 6.15. The molecule has 0 saturated carbocycles. The number of hydrogen-bond donors (Lipinski definition) is 0. The van der Waals surface area contributed by atoms with Gasteiger partial charge in [0.15, 0.2) is 5.36 Å². The number of rotatable bonds is 4. The van der Waals surface area contributed by atoms with Crippen molar-refractivity contribution in [1.29, 1.82) is 0 Å². The van der Waals surface area contributed by atoms with Crippen molar-refractivity contribution in [2.24, 2.45) is 0 Å². The minimum absolute atomic E-state index is 0.631. The van der Waals surface area contributed by atoms with Crippen LogP contribution in [0.4, 0.5) is 5.69 Å². The zero-order chi connectivity index (χ0) is 29.5. The summed E-state index contributed by atoms with van der Waals surface area (Å²) >= 11 is 0. The SMILES string of the molecule is C1=Cc2cccc3c4cc(c(c23)C1)N(Cc1ccccc1)[B-]1(O4)Oc2cc(c3cccc4cccc2c43)=[N+]1Cc1ccccc1. The summed E-state index contributed by atoms with van der Waals surface area (Å²) in [5, 5.41) is 8.32. The first-order valence-electron chi connectivity index (χ1n) is 15.8. The molecule has 1 spiro atoms. The largest absolute Gasteiger partial charge is 0.771 e. The zero-order valence-electron chi connectivity index (χ0n) is 24.7. The molecule has 0 fully saturated rings. The van der Waals surface area contributed by atoms with Gasteiger partial charge in [0.2, 0.25) is 0 Å². The normalized spacial score (nSPS) is 17.7. The summed E-state index contributed by atoms with van der Waals surface area (Å²) in [5.74, 6) is 1.73. The van der Waals surface area contributed by atoms with E-state index >= 15 is 0 Å². The molecular formula is C40H29BN2O2. The Kier molecular flexibility index (Phi) is 5.10. The first-order valence-corrected chi connectivity index (χ1v) is 15.8. The van der Waals surface area contributed by atoms with Crippen LogP contribution in [0.2, 0.25) is 0 Å². The van der Waals surface area contributed by atoms with Crippen LogP contribution < -0.4 is 24.0 Å². The van der Waals surface area contributed by atoms with Crippen LogP contribution in [0.3, 0.4) is 0 Å². The highest BCUT2D eigenvalue weighted by molar-refractivity contribution is 6.72. The van der Waals surface area contributed by atoms with Gasteiger partial charge in [0.1, 0.15) is 6.54 Å². The number of allylic oxidation sites excluding steroid dienone is 1. The molecule has 0 saturated heterocycles. The molecule has 2 aliphatic heterocycles. The third-order valence-electron chi connectivity index (χ3n) is 9.93. The highest BCUT2D eigenvalue weighted by Gasteiger charge is 2.59. The lowest BCUT2D eigenvalue weighted by atomic mass is 9.75. The van der Waals surface area contributed by atoms with Crippen molar-refractivity contribution in [3.63, 3.8) is 0 Å². The third kappa shape index (κ3) is 3.52. The van der Waals surface area contributed by atoms with E-state index in [0.29, 0.717) is 13.1 Å². The lowest BCUT2D eigenvalue weighted by Crippen LogP contribution is -2.77. The average Bonchev–Trinajstić information content (AvgIpc) is 3.09. The minimum Gasteiger partial charge on any atom is -0.601 e. The van der Waals surface area contributed by atoms with Crippen LogP contribution in [-0.2, 0) is 19.5 Å². The van der Waals surface area contributed by atoms with Gasteiger partial charge in [-0.3, -0.25) is 0 Å².